The van der Waals surface area contributed by atoms with E-state index in [1.165, 1.54) is 32.4 Å². The fourth-order valence-electron chi connectivity index (χ4n) is 7.95. The van der Waals surface area contributed by atoms with Gasteiger partial charge in [-0.3, -0.25) is 9.48 Å². The summed E-state index contributed by atoms with van der Waals surface area (Å²) in [7, 11) is 1.51. The van der Waals surface area contributed by atoms with Gasteiger partial charge >= 0.3 is 6.18 Å². The average Bonchev–Trinajstić information content (AvgIpc) is 3.54. The van der Waals surface area contributed by atoms with Crippen molar-refractivity contribution in [1.29, 1.82) is 0 Å². The number of carbonyl (C=O) groups excluding carboxylic acids is 1. The van der Waals surface area contributed by atoms with Crippen molar-refractivity contribution in [2.24, 2.45) is 17.8 Å². The second-order valence-electron chi connectivity index (χ2n) is 11.9. The van der Waals surface area contributed by atoms with E-state index in [2.05, 4.69) is 20.8 Å². The van der Waals surface area contributed by atoms with E-state index in [9.17, 15) is 18.0 Å². The Morgan fingerprint density at radius 2 is 1.82 bits per heavy atom. The van der Waals surface area contributed by atoms with Crippen LogP contribution in [0.2, 0.25) is 0 Å². The summed E-state index contributed by atoms with van der Waals surface area (Å²) < 4.78 is 50.5. The number of nitrogens with zero attached hydrogens (tertiary/aromatic N) is 4. The van der Waals surface area contributed by atoms with Crippen LogP contribution in [0.3, 0.4) is 0 Å². The van der Waals surface area contributed by atoms with Crippen molar-refractivity contribution < 1.29 is 22.7 Å². The van der Waals surface area contributed by atoms with Gasteiger partial charge in [-0.15, -0.1) is 0 Å². The molecule has 2 aromatic heterocycles. The lowest BCUT2D eigenvalue weighted by Crippen LogP contribution is -2.52. The minimum Gasteiger partial charge on any atom is -0.497 e. The van der Waals surface area contributed by atoms with Crippen molar-refractivity contribution in [3.63, 3.8) is 0 Å². The van der Waals surface area contributed by atoms with Crippen molar-refractivity contribution in [3.8, 4) is 5.75 Å². The summed E-state index contributed by atoms with van der Waals surface area (Å²) in [5.74, 6) is 2.40. The van der Waals surface area contributed by atoms with E-state index in [0.717, 1.165) is 41.7 Å². The van der Waals surface area contributed by atoms with Gasteiger partial charge in [-0.2, -0.15) is 23.4 Å². The van der Waals surface area contributed by atoms with Crippen LogP contribution in [0.25, 0.3) is 0 Å². The Labute approximate surface area is 223 Å². The van der Waals surface area contributed by atoms with Crippen LogP contribution in [0.4, 0.5) is 24.7 Å². The van der Waals surface area contributed by atoms with Gasteiger partial charge in [0, 0.05) is 18.7 Å². The molecule has 2 unspecified atom stereocenters. The molecular weight excluding hydrogens is 509 g/mol. The highest BCUT2D eigenvalue weighted by Crippen LogP contribution is 2.58. The summed E-state index contributed by atoms with van der Waals surface area (Å²) >= 11 is 0. The Morgan fingerprint density at radius 3 is 2.49 bits per heavy atom. The largest absolute Gasteiger partial charge is 0.497 e. The van der Waals surface area contributed by atoms with Gasteiger partial charge in [0.2, 0.25) is 0 Å². The lowest BCUT2D eigenvalue weighted by atomic mass is 9.53. The maximum Gasteiger partial charge on any atom is 0.410 e. The highest BCUT2D eigenvalue weighted by atomic mass is 19.4. The van der Waals surface area contributed by atoms with Crippen LogP contribution in [-0.2, 0) is 5.54 Å². The molecule has 4 fully saturated rings. The summed E-state index contributed by atoms with van der Waals surface area (Å²) in [5.41, 5.74) is 1.13. The van der Waals surface area contributed by atoms with Crippen molar-refractivity contribution >= 4 is 17.4 Å². The van der Waals surface area contributed by atoms with Crippen LogP contribution in [0.15, 0.2) is 42.7 Å². The fourth-order valence-corrected chi connectivity index (χ4v) is 7.95. The lowest BCUT2D eigenvalue weighted by Gasteiger charge is -2.56. The van der Waals surface area contributed by atoms with Gasteiger partial charge in [-0.1, -0.05) is 12.1 Å². The number of aromatic nitrogens is 4. The molecule has 1 aliphatic heterocycles. The number of carbonyl (C=O) groups is 1. The molecule has 206 valence electrons. The first kappa shape index (κ1) is 24.5. The van der Waals surface area contributed by atoms with E-state index in [1.807, 2.05) is 10.9 Å². The predicted molar refractivity (Wildman–Crippen MR) is 138 cm³/mol. The molecule has 4 aliphatic carbocycles. The van der Waals surface area contributed by atoms with Gasteiger partial charge in [0.05, 0.1) is 30.6 Å². The molecule has 1 amide bonds. The van der Waals surface area contributed by atoms with Crippen LogP contribution >= 0.6 is 0 Å². The summed E-state index contributed by atoms with van der Waals surface area (Å²) in [6.07, 6.45) is 6.04. The van der Waals surface area contributed by atoms with E-state index in [4.69, 9.17) is 4.74 Å². The Hall–Kier alpha value is -3.50. The first-order valence-corrected chi connectivity index (χ1v) is 13.6. The zero-order chi connectivity index (χ0) is 26.9. The number of fused-ring (bicyclic) bond motifs is 1. The Bertz CT molecular complexity index is 1380. The second kappa shape index (κ2) is 8.76. The monoisotopic (exact) mass is 540 g/mol. The second-order valence-corrected chi connectivity index (χ2v) is 11.9. The predicted octanol–water partition coefficient (Wildman–Crippen LogP) is 5.93. The summed E-state index contributed by atoms with van der Waals surface area (Å²) in [4.78, 5) is 13.1. The zero-order valence-electron chi connectivity index (χ0n) is 21.6. The molecule has 3 aromatic rings. The molecule has 2 atom stereocenters. The number of amides is 1. The number of anilines is 2. The van der Waals surface area contributed by atoms with Gasteiger partial charge in [0.1, 0.15) is 11.6 Å². The number of rotatable bonds is 5. The van der Waals surface area contributed by atoms with Gasteiger partial charge in [-0.05, 0) is 74.0 Å². The van der Waals surface area contributed by atoms with Crippen LogP contribution < -0.4 is 15.4 Å². The maximum absolute atomic E-state index is 14.1. The molecule has 1 aromatic carbocycles. The molecule has 0 spiro atoms. The number of benzene rings is 1. The summed E-state index contributed by atoms with van der Waals surface area (Å²) in [6, 6.07) is 5.85. The summed E-state index contributed by atoms with van der Waals surface area (Å²) in [5, 5.41) is 14.7. The van der Waals surface area contributed by atoms with E-state index >= 15 is 0 Å². The first-order chi connectivity index (χ1) is 18.7. The van der Waals surface area contributed by atoms with E-state index in [1.54, 1.807) is 30.5 Å². The molecule has 39 heavy (non-hydrogen) atoms. The zero-order valence-corrected chi connectivity index (χ0v) is 21.6. The van der Waals surface area contributed by atoms with Crippen LogP contribution in [0.5, 0.6) is 5.75 Å². The van der Waals surface area contributed by atoms with Gasteiger partial charge in [0.25, 0.3) is 5.91 Å². The third-order valence-corrected chi connectivity index (χ3v) is 9.25. The van der Waals surface area contributed by atoms with Crippen LogP contribution in [-0.4, -0.2) is 38.8 Å². The molecule has 0 saturated heterocycles. The molecule has 2 N–H and O–H groups in total. The van der Waals surface area contributed by atoms with E-state index in [0.29, 0.717) is 17.0 Å². The molecule has 8 rings (SSSR count). The van der Waals surface area contributed by atoms with Gasteiger partial charge < -0.3 is 15.4 Å². The van der Waals surface area contributed by atoms with Crippen molar-refractivity contribution in [1.82, 2.24) is 19.6 Å². The van der Waals surface area contributed by atoms with Crippen molar-refractivity contribution in [2.75, 3.05) is 17.7 Å². The quantitative estimate of drug-likeness (QED) is 0.419. The molecular formula is C28H31F3N6O2. The highest BCUT2D eigenvalue weighted by molar-refractivity contribution is 6.03. The fraction of sp³-hybridized carbons (Fsp3) is 0.536. The SMILES string of the molecule is COc1cccc(C2CC(C(F)(F)F)n3nc(C(=O)Nc4cnn(C56CC7CC(CC(C7)C5)C6)c4)cc3N2)c1. The number of methoxy groups -OCH3 is 1. The van der Waals surface area contributed by atoms with Crippen molar-refractivity contribution in [2.45, 2.75) is 68.7 Å². The number of ether oxygens (including phenoxy) is 1. The molecule has 11 heteroatoms. The molecule has 3 heterocycles. The average molecular weight is 541 g/mol. The Balaban J connectivity index is 1.12. The van der Waals surface area contributed by atoms with Crippen LogP contribution in [0, 0.1) is 17.8 Å². The Kier molecular flexibility index (Phi) is 5.51. The first-order valence-electron chi connectivity index (χ1n) is 13.6. The van der Waals surface area contributed by atoms with Crippen molar-refractivity contribution in [3.05, 3.63) is 54.0 Å². The summed E-state index contributed by atoms with van der Waals surface area (Å²) in [6.45, 7) is 0. The van der Waals surface area contributed by atoms with Gasteiger partial charge in [-0.25, -0.2) is 4.68 Å². The van der Waals surface area contributed by atoms with Gasteiger partial charge in [0.15, 0.2) is 11.7 Å². The third-order valence-electron chi connectivity index (χ3n) is 9.25. The number of hydrogen-bond acceptors (Lipinski definition) is 5. The van der Waals surface area contributed by atoms with Crippen LogP contribution in [0.1, 0.15) is 73.1 Å². The number of halogens is 3. The number of hydrogen-bond donors (Lipinski definition) is 2. The standard InChI is InChI=1S/C28H31F3N6O2/c1-39-21-4-2-3-19(8-21)22-9-24(28(29,30)31)37-25(34-22)10-23(35-37)26(38)33-20-14-32-36(15-20)27-11-16-5-17(12-27)7-18(6-16)13-27/h2-4,8,10,14-18,22,24,34H,5-7,9,11-13H2,1H3,(H,33,38). The number of nitrogens with one attached hydrogen (secondary N) is 2. The molecule has 8 nitrogen and oxygen atoms in total. The Morgan fingerprint density at radius 1 is 1.10 bits per heavy atom. The smallest absolute Gasteiger partial charge is 0.410 e. The third kappa shape index (κ3) is 4.26. The lowest BCUT2D eigenvalue weighted by molar-refractivity contribution is -0.173. The minimum atomic E-state index is -4.53. The van der Waals surface area contributed by atoms with E-state index in [-0.39, 0.29) is 23.5 Å². The maximum atomic E-state index is 14.1. The topological polar surface area (TPSA) is 86.0 Å². The van der Waals surface area contributed by atoms with E-state index < -0.39 is 24.2 Å². The highest BCUT2D eigenvalue weighted by Gasteiger charge is 2.52. The molecule has 4 bridgehead atoms. The number of alkyl halides is 3. The minimum absolute atomic E-state index is 0.0181. The molecule has 0 radical (unpaired) electrons. The normalized spacial score (nSPS) is 31.0. The molecule has 5 aliphatic rings. The molecule has 4 saturated carbocycles.